The SMILES string of the molecule is CC(C)[C@@H](C(=O)OC(C)(C)C)N(C)C(=O)C1(F)CCN(C(=O)O)CC1. The molecule has 1 aliphatic heterocycles. The minimum absolute atomic E-state index is 0.0514. The second kappa shape index (κ2) is 7.58. The second-order valence-corrected chi connectivity index (χ2v) is 7.87. The number of piperidine rings is 1. The monoisotopic (exact) mass is 360 g/mol. The van der Waals surface area contributed by atoms with Gasteiger partial charge in [-0.05, 0) is 26.7 Å². The van der Waals surface area contributed by atoms with Crippen molar-refractivity contribution in [3.05, 3.63) is 0 Å². The van der Waals surface area contributed by atoms with E-state index in [0.29, 0.717) is 0 Å². The lowest BCUT2D eigenvalue weighted by atomic mass is 9.90. The van der Waals surface area contributed by atoms with Crippen LogP contribution in [0.3, 0.4) is 0 Å². The molecule has 1 atom stereocenters. The van der Waals surface area contributed by atoms with Crippen molar-refractivity contribution in [1.82, 2.24) is 9.80 Å². The predicted octanol–water partition coefficient (Wildman–Crippen LogP) is 2.29. The van der Waals surface area contributed by atoms with Crippen LogP contribution in [0.4, 0.5) is 9.18 Å². The summed E-state index contributed by atoms with van der Waals surface area (Å²) in [6, 6.07) is -0.906. The summed E-state index contributed by atoms with van der Waals surface area (Å²) in [5, 5.41) is 8.95. The number of esters is 1. The van der Waals surface area contributed by atoms with Crippen LogP contribution in [0, 0.1) is 5.92 Å². The molecule has 0 aromatic heterocycles. The van der Waals surface area contributed by atoms with Gasteiger partial charge in [0.05, 0.1) is 0 Å². The lowest BCUT2D eigenvalue weighted by Gasteiger charge is -2.39. The Hall–Kier alpha value is -1.86. The molecule has 2 amide bonds. The first-order chi connectivity index (χ1) is 11.3. The Morgan fingerprint density at radius 2 is 1.68 bits per heavy atom. The van der Waals surface area contributed by atoms with Crippen molar-refractivity contribution in [2.24, 2.45) is 5.92 Å². The van der Waals surface area contributed by atoms with Gasteiger partial charge in [-0.15, -0.1) is 0 Å². The Bertz CT molecular complexity index is 522. The molecule has 0 aliphatic carbocycles. The fourth-order valence-electron chi connectivity index (χ4n) is 2.95. The summed E-state index contributed by atoms with van der Waals surface area (Å²) in [6.07, 6.45) is -1.57. The highest BCUT2D eigenvalue weighted by molar-refractivity contribution is 5.90. The molecule has 0 saturated carbocycles. The molecule has 1 aliphatic rings. The smallest absolute Gasteiger partial charge is 0.407 e. The van der Waals surface area contributed by atoms with Crippen molar-refractivity contribution in [3.63, 3.8) is 0 Å². The number of halogens is 1. The minimum Gasteiger partial charge on any atom is -0.465 e. The van der Waals surface area contributed by atoms with Crippen LogP contribution in [0.15, 0.2) is 0 Å². The summed E-state index contributed by atoms with van der Waals surface area (Å²) < 4.78 is 20.5. The Labute approximate surface area is 148 Å². The quantitative estimate of drug-likeness (QED) is 0.777. The van der Waals surface area contributed by atoms with Gasteiger partial charge in [0, 0.05) is 33.0 Å². The van der Waals surface area contributed by atoms with E-state index in [1.165, 1.54) is 7.05 Å². The second-order valence-electron chi connectivity index (χ2n) is 7.87. The van der Waals surface area contributed by atoms with Crippen molar-refractivity contribution in [3.8, 4) is 0 Å². The molecule has 1 heterocycles. The fourth-order valence-corrected chi connectivity index (χ4v) is 2.95. The summed E-state index contributed by atoms with van der Waals surface area (Å²) in [4.78, 5) is 38.3. The largest absolute Gasteiger partial charge is 0.465 e. The molecule has 0 aromatic rings. The highest BCUT2D eigenvalue weighted by Crippen LogP contribution is 2.30. The molecule has 8 heteroatoms. The molecule has 144 valence electrons. The van der Waals surface area contributed by atoms with Crippen LogP contribution in [0.25, 0.3) is 0 Å². The molecule has 7 nitrogen and oxygen atoms in total. The zero-order valence-electron chi connectivity index (χ0n) is 15.8. The number of carboxylic acid groups (broad SMARTS) is 1. The Morgan fingerprint density at radius 3 is 2.04 bits per heavy atom. The first-order valence-corrected chi connectivity index (χ1v) is 8.45. The van der Waals surface area contributed by atoms with Crippen molar-refractivity contribution in [1.29, 1.82) is 0 Å². The van der Waals surface area contributed by atoms with Gasteiger partial charge in [-0.25, -0.2) is 14.0 Å². The maximum absolute atomic E-state index is 15.1. The van der Waals surface area contributed by atoms with E-state index in [4.69, 9.17) is 9.84 Å². The van der Waals surface area contributed by atoms with E-state index >= 15 is 4.39 Å². The molecular weight excluding hydrogens is 331 g/mol. The first-order valence-electron chi connectivity index (χ1n) is 8.45. The molecule has 1 fully saturated rings. The third-order valence-electron chi connectivity index (χ3n) is 4.23. The maximum Gasteiger partial charge on any atom is 0.407 e. The van der Waals surface area contributed by atoms with E-state index in [-0.39, 0.29) is 31.8 Å². The molecule has 1 rings (SSSR count). The van der Waals surface area contributed by atoms with Gasteiger partial charge in [0.2, 0.25) is 0 Å². The number of carbonyl (C=O) groups is 3. The third-order valence-corrected chi connectivity index (χ3v) is 4.23. The lowest BCUT2D eigenvalue weighted by molar-refractivity contribution is -0.169. The minimum atomic E-state index is -2.17. The molecule has 1 saturated heterocycles. The number of rotatable bonds is 4. The Morgan fingerprint density at radius 1 is 1.20 bits per heavy atom. The van der Waals surface area contributed by atoms with E-state index in [0.717, 1.165) is 9.80 Å². The lowest BCUT2D eigenvalue weighted by Crippen LogP contribution is -2.57. The van der Waals surface area contributed by atoms with E-state index < -0.39 is 35.3 Å². The van der Waals surface area contributed by atoms with Crippen LogP contribution >= 0.6 is 0 Å². The number of carbonyl (C=O) groups excluding carboxylic acids is 2. The number of hydrogen-bond donors (Lipinski definition) is 1. The van der Waals surface area contributed by atoms with Crippen LogP contribution in [-0.2, 0) is 14.3 Å². The van der Waals surface area contributed by atoms with Gasteiger partial charge in [-0.1, -0.05) is 13.8 Å². The highest BCUT2D eigenvalue weighted by Gasteiger charge is 2.47. The van der Waals surface area contributed by atoms with Gasteiger partial charge in [-0.2, -0.15) is 0 Å². The van der Waals surface area contributed by atoms with E-state index in [9.17, 15) is 14.4 Å². The van der Waals surface area contributed by atoms with E-state index in [1.807, 2.05) is 0 Å². The van der Waals surface area contributed by atoms with E-state index in [2.05, 4.69) is 0 Å². The normalized spacial score (nSPS) is 18.6. The molecule has 25 heavy (non-hydrogen) atoms. The third kappa shape index (κ3) is 5.31. The molecule has 0 aromatic carbocycles. The summed E-state index contributed by atoms with van der Waals surface area (Å²) in [6.45, 7) is 8.59. The van der Waals surface area contributed by atoms with Crippen LogP contribution in [0.1, 0.15) is 47.5 Å². The Balaban J connectivity index is 2.90. The fraction of sp³-hybridized carbons (Fsp3) is 0.824. The zero-order chi connectivity index (χ0) is 19.6. The number of nitrogens with zero attached hydrogens (tertiary/aromatic N) is 2. The summed E-state index contributed by atoms with van der Waals surface area (Å²) in [7, 11) is 1.39. The van der Waals surface area contributed by atoms with Crippen LogP contribution in [0.2, 0.25) is 0 Å². The summed E-state index contributed by atoms with van der Waals surface area (Å²) >= 11 is 0. The van der Waals surface area contributed by atoms with E-state index in [1.54, 1.807) is 34.6 Å². The predicted molar refractivity (Wildman–Crippen MR) is 89.9 cm³/mol. The van der Waals surface area contributed by atoms with Gasteiger partial charge >= 0.3 is 12.1 Å². The average Bonchev–Trinajstić information content (AvgIpc) is 2.44. The van der Waals surface area contributed by atoms with Crippen molar-refractivity contribution in [2.75, 3.05) is 20.1 Å². The molecule has 0 unspecified atom stereocenters. The van der Waals surface area contributed by atoms with Gasteiger partial charge in [-0.3, -0.25) is 4.79 Å². The number of amides is 2. The van der Waals surface area contributed by atoms with Crippen molar-refractivity contribution < 1.29 is 28.6 Å². The van der Waals surface area contributed by atoms with Gasteiger partial charge in [0.25, 0.3) is 5.91 Å². The molecule has 0 bridgehead atoms. The highest BCUT2D eigenvalue weighted by atomic mass is 19.1. The first kappa shape index (κ1) is 21.2. The van der Waals surface area contributed by atoms with Crippen molar-refractivity contribution >= 4 is 18.0 Å². The van der Waals surface area contributed by atoms with Crippen molar-refractivity contribution in [2.45, 2.75) is 64.8 Å². The number of alkyl halides is 1. The molecule has 0 radical (unpaired) electrons. The summed E-state index contributed by atoms with van der Waals surface area (Å²) in [5.74, 6) is -1.64. The number of likely N-dealkylation sites (N-methyl/N-ethyl adjacent to an activating group) is 1. The Kier molecular flexibility index (Phi) is 6.42. The standard InChI is InChI=1S/C17H29FN2O5/c1-11(2)12(13(21)25-16(3,4)5)19(6)14(22)17(18)7-9-20(10-8-17)15(23)24/h11-12H,7-10H2,1-6H3,(H,23,24)/t12-/m0/s1. The number of ether oxygens (including phenoxy) is 1. The average molecular weight is 360 g/mol. The molecule has 1 N–H and O–H groups in total. The maximum atomic E-state index is 15.1. The molecule has 0 spiro atoms. The molecular formula is C17H29FN2O5. The van der Waals surface area contributed by atoms with Gasteiger partial charge in [0.1, 0.15) is 11.6 Å². The number of likely N-dealkylation sites (tertiary alicyclic amines) is 1. The topological polar surface area (TPSA) is 87.2 Å². The van der Waals surface area contributed by atoms with Crippen LogP contribution < -0.4 is 0 Å². The van der Waals surface area contributed by atoms with Gasteiger partial charge < -0.3 is 19.6 Å². The van der Waals surface area contributed by atoms with Crippen LogP contribution in [-0.4, -0.2) is 70.3 Å². The van der Waals surface area contributed by atoms with Crippen LogP contribution in [0.5, 0.6) is 0 Å². The zero-order valence-corrected chi connectivity index (χ0v) is 15.8. The summed E-state index contributed by atoms with van der Waals surface area (Å²) in [5.41, 5.74) is -2.88. The number of hydrogen-bond acceptors (Lipinski definition) is 4. The van der Waals surface area contributed by atoms with Gasteiger partial charge in [0.15, 0.2) is 5.67 Å².